The Hall–Kier alpha value is -1.14. The van der Waals surface area contributed by atoms with Gasteiger partial charge in [-0.05, 0) is 59.9 Å². The number of nitrogens with one attached hydrogen (secondary N) is 1. The fourth-order valence-corrected chi connectivity index (χ4v) is 2.48. The second-order valence-electron chi connectivity index (χ2n) is 5.75. The fraction of sp³-hybridized carbons (Fsp3) is 0.857. The van der Waals surface area contributed by atoms with E-state index in [9.17, 15) is 9.59 Å². The van der Waals surface area contributed by atoms with E-state index in [0.29, 0.717) is 12.5 Å². The first-order valence-electron chi connectivity index (χ1n) is 7.31. The van der Waals surface area contributed by atoms with Crippen molar-refractivity contribution >= 4 is 11.9 Å². The lowest BCUT2D eigenvalue weighted by atomic mass is 10.0. The summed E-state index contributed by atoms with van der Waals surface area (Å²) < 4.78 is 0. The monoisotopic (exact) mass is 285 g/mol. The fourth-order valence-electron chi connectivity index (χ4n) is 2.48. The minimum atomic E-state index is -0.998. The third kappa shape index (κ3) is 5.88. The van der Waals surface area contributed by atoms with E-state index >= 15 is 0 Å². The van der Waals surface area contributed by atoms with Gasteiger partial charge in [0.15, 0.2) is 0 Å². The molecule has 0 spiro atoms. The lowest BCUT2D eigenvalue weighted by Crippen LogP contribution is -2.42. The summed E-state index contributed by atoms with van der Waals surface area (Å²) in [5.41, 5.74) is 0. The molecule has 0 aliphatic carbocycles. The molecule has 0 aromatic heterocycles. The molecule has 1 atom stereocenters. The summed E-state index contributed by atoms with van der Waals surface area (Å²) in [6.07, 6.45) is 3.50. The molecule has 6 heteroatoms. The highest BCUT2D eigenvalue weighted by Gasteiger charge is 2.20. The minimum Gasteiger partial charge on any atom is -0.480 e. The SMILES string of the molecule is CC(NC(=O)CCCN(C)C1CCN(C)CC1)C(=O)O. The number of nitrogens with zero attached hydrogens (tertiary/aromatic N) is 2. The number of amides is 1. The Labute approximate surface area is 121 Å². The van der Waals surface area contributed by atoms with Crippen molar-refractivity contribution in [3.05, 3.63) is 0 Å². The molecule has 1 heterocycles. The van der Waals surface area contributed by atoms with Gasteiger partial charge in [0.05, 0.1) is 0 Å². The number of carbonyl (C=O) groups is 2. The number of piperidine rings is 1. The predicted octanol–water partition coefficient (Wildman–Crippen LogP) is 0.382. The molecule has 1 aliphatic rings. The summed E-state index contributed by atoms with van der Waals surface area (Å²) in [5.74, 6) is -1.18. The molecule has 2 N–H and O–H groups in total. The van der Waals surface area contributed by atoms with Crippen LogP contribution in [0.1, 0.15) is 32.6 Å². The van der Waals surface area contributed by atoms with Crippen LogP contribution in [-0.4, -0.2) is 72.6 Å². The zero-order valence-corrected chi connectivity index (χ0v) is 12.8. The number of likely N-dealkylation sites (tertiary alicyclic amines) is 1. The highest BCUT2D eigenvalue weighted by molar-refractivity contribution is 5.83. The minimum absolute atomic E-state index is 0.184. The van der Waals surface area contributed by atoms with Crippen molar-refractivity contribution in [2.24, 2.45) is 0 Å². The van der Waals surface area contributed by atoms with Crippen molar-refractivity contribution in [3.8, 4) is 0 Å². The summed E-state index contributed by atoms with van der Waals surface area (Å²) in [6, 6.07) is -0.207. The number of carboxylic acid groups (broad SMARTS) is 1. The van der Waals surface area contributed by atoms with E-state index in [2.05, 4.69) is 29.2 Å². The molecule has 1 saturated heterocycles. The van der Waals surface area contributed by atoms with Crippen LogP contribution in [0.2, 0.25) is 0 Å². The van der Waals surface area contributed by atoms with E-state index in [4.69, 9.17) is 5.11 Å². The van der Waals surface area contributed by atoms with Gasteiger partial charge in [-0.15, -0.1) is 0 Å². The summed E-state index contributed by atoms with van der Waals surface area (Å²) in [5, 5.41) is 11.2. The van der Waals surface area contributed by atoms with Crippen LogP contribution in [0, 0.1) is 0 Å². The van der Waals surface area contributed by atoms with E-state index in [1.807, 2.05) is 0 Å². The Bertz CT molecular complexity index is 328. The van der Waals surface area contributed by atoms with Crippen LogP contribution in [0.5, 0.6) is 0 Å². The average Bonchev–Trinajstić information content (AvgIpc) is 2.39. The first-order chi connectivity index (χ1) is 9.40. The lowest BCUT2D eigenvalue weighted by Gasteiger charge is -2.35. The van der Waals surface area contributed by atoms with Crippen molar-refractivity contribution in [2.45, 2.75) is 44.7 Å². The molecule has 6 nitrogen and oxygen atoms in total. The van der Waals surface area contributed by atoms with Crippen LogP contribution in [0.3, 0.4) is 0 Å². The highest BCUT2D eigenvalue weighted by atomic mass is 16.4. The largest absolute Gasteiger partial charge is 0.480 e. The predicted molar refractivity (Wildman–Crippen MR) is 77.6 cm³/mol. The molecule has 1 rings (SSSR count). The van der Waals surface area contributed by atoms with Crippen LogP contribution in [0.15, 0.2) is 0 Å². The molecule has 0 aromatic carbocycles. The molecular weight excluding hydrogens is 258 g/mol. The van der Waals surface area contributed by atoms with E-state index < -0.39 is 12.0 Å². The summed E-state index contributed by atoms with van der Waals surface area (Å²) in [6.45, 7) is 4.62. The molecule has 0 saturated carbocycles. The Morgan fingerprint density at radius 3 is 2.55 bits per heavy atom. The van der Waals surface area contributed by atoms with Gasteiger partial charge in [0, 0.05) is 12.5 Å². The molecule has 0 aromatic rings. The average molecular weight is 285 g/mol. The number of aliphatic carboxylic acids is 1. The number of carboxylic acids is 1. The second kappa shape index (κ2) is 8.21. The third-order valence-electron chi connectivity index (χ3n) is 3.97. The molecule has 0 radical (unpaired) electrons. The van der Waals surface area contributed by atoms with Gasteiger partial charge in [-0.3, -0.25) is 9.59 Å². The highest BCUT2D eigenvalue weighted by Crippen LogP contribution is 2.14. The molecule has 1 aliphatic heterocycles. The van der Waals surface area contributed by atoms with Crippen molar-refractivity contribution in [1.29, 1.82) is 0 Å². The van der Waals surface area contributed by atoms with E-state index in [-0.39, 0.29) is 5.91 Å². The van der Waals surface area contributed by atoms with Crippen LogP contribution in [-0.2, 0) is 9.59 Å². The first-order valence-corrected chi connectivity index (χ1v) is 7.31. The summed E-state index contributed by atoms with van der Waals surface area (Å²) >= 11 is 0. The quantitative estimate of drug-likeness (QED) is 0.707. The molecule has 1 fully saturated rings. The van der Waals surface area contributed by atoms with Gasteiger partial charge in [0.2, 0.25) is 5.91 Å². The summed E-state index contributed by atoms with van der Waals surface area (Å²) in [4.78, 5) is 26.8. The van der Waals surface area contributed by atoms with Crippen LogP contribution < -0.4 is 5.32 Å². The Balaban J connectivity index is 2.16. The van der Waals surface area contributed by atoms with Crippen LogP contribution >= 0.6 is 0 Å². The molecule has 116 valence electrons. The Morgan fingerprint density at radius 1 is 1.40 bits per heavy atom. The lowest BCUT2D eigenvalue weighted by molar-refractivity contribution is -0.141. The third-order valence-corrected chi connectivity index (χ3v) is 3.97. The van der Waals surface area contributed by atoms with Gasteiger partial charge in [-0.25, -0.2) is 0 Å². The van der Waals surface area contributed by atoms with Crippen molar-refractivity contribution in [2.75, 3.05) is 33.7 Å². The van der Waals surface area contributed by atoms with Gasteiger partial charge in [0.1, 0.15) is 6.04 Å². The smallest absolute Gasteiger partial charge is 0.325 e. The van der Waals surface area contributed by atoms with Gasteiger partial charge >= 0.3 is 5.97 Å². The van der Waals surface area contributed by atoms with E-state index in [1.165, 1.54) is 19.8 Å². The molecular formula is C14H27N3O3. The Kier molecular flexibility index (Phi) is 6.95. The van der Waals surface area contributed by atoms with Crippen molar-refractivity contribution < 1.29 is 14.7 Å². The number of hydrogen-bond acceptors (Lipinski definition) is 4. The van der Waals surface area contributed by atoms with Gasteiger partial charge in [-0.1, -0.05) is 0 Å². The second-order valence-corrected chi connectivity index (χ2v) is 5.75. The van der Waals surface area contributed by atoms with Gasteiger partial charge < -0.3 is 20.2 Å². The maximum atomic E-state index is 11.6. The van der Waals surface area contributed by atoms with Crippen molar-refractivity contribution in [3.63, 3.8) is 0 Å². The standard InChI is InChI=1S/C14H27N3O3/c1-11(14(19)20)15-13(18)5-4-8-17(3)12-6-9-16(2)10-7-12/h11-12H,4-10H2,1-3H3,(H,15,18)(H,19,20). The Morgan fingerprint density at radius 2 is 2.00 bits per heavy atom. The van der Waals surface area contributed by atoms with E-state index in [0.717, 1.165) is 26.1 Å². The van der Waals surface area contributed by atoms with Crippen LogP contribution in [0.4, 0.5) is 0 Å². The maximum absolute atomic E-state index is 11.6. The van der Waals surface area contributed by atoms with E-state index in [1.54, 1.807) is 0 Å². The first kappa shape index (κ1) is 16.9. The van der Waals surface area contributed by atoms with Gasteiger partial charge in [-0.2, -0.15) is 0 Å². The molecule has 1 amide bonds. The maximum Gasteiger partial charge on any atom is 0.325 e. The zero-order chi connectivity index (χ0) is 15.1. The number of rotatable bonds is 7. The zero-order valence-electron chi connectivity index (χ0n) is 12.8. The number of hydrogen-bond donors (Lipinski definition) is 2. The normalized spacial score (nSPS) is 19.0. The summed E-state index contributed by atoms with van der Waals surface area (Å²) in [7, 11) is 4.25. The molecule has 1 unspecified atom stereocenters. The number of carbonyl (C=O) groups excluding carboxylic acids is 1. The van der Waals surface area contributed by atoms with Crippen LogP contribution in [0.25, 0.3) is 0 Å². The van der Waals surface area contributed by atoms with Crippen molar-refractivity contribution in [1.82, 2.24) is 15.1 Å². The molecule has 0 bridgehead atoms. The molecule has 20 heavy (non-hydrogen) atoms. The van der Waals surface area contributed by atoms with Gasteiger partial charge in [0.25, 0.3) is 0 Å². The topological polar surface area (TPSA) is 72.9 Å².